The zero-order chi connectivity index (χ0) is 23.9. The van der Waals surface area contributed by atoms with Gasteiger partial charge in [0.2, 0.25) is 11.8 Å². The van der Waals surface area contributed by atoms with Gasteiger partial charge in [-0.05, 0) is 30.5 Å². The van der Waals surface area contributed by atoms with E-state index in [1.54, 1.807) is 12.1 Å². The molecule has 0 spiro atoms. The summed E-state index contributed by atoms with van der Waals surface area (Å²) >= 11 is 0. The summed E-state index contributed by atoms with van der Waals surface area (Å²) in [5.74, 6) is -1.41. The monoisotopic (exact) mass is 458 g/mol. The SMILES string of the molecule is O=C[C@H](C[C@@H]1CCNC1=O)NC(=O)[C@H](Cc1ccccc1)NC(=O)c1ccc2ccccc2n1. The lowest BCUT2D eigenvalue weighted by Gasteiger charge is -2.22. The number of carbonyl (C=O) groups is 4. The molecule has 1 aliphatic rings. The largest absolute Gasteiger partial charge is 0.356 e. The number of nitrogens with zero attached hydrogens (tertiary/aromatic N) is 1. The van der Waals surface area contributed by atoms with E-state index in [0.29, 0.717) is 24.8 Å². The third-order valence-electron chi connectivity index (χ3n) is 5.93. The van der Waals surface area contributed by atoms with Crippen LogP contribution in [0.2, 0.25) is 0 Å². The Hall–Kier alpha value is -4.07. The first kappa shape index (κ1) is 23.1. The number of para-hydroxylation sites is 1. The first-order chi connectivity index (χ1) is 16.5. The highest BCUT2D eigenvalue weighted by Gasteiger charge is 2.30. The van der Waals surface area contributed by atoms with Crippen molar-refractivity contribution in [3.63, 3.8) is 0 Å². The first-order valence-electron chi connectivity index (χ1n) is 11.3. The van der Waals surface area contributed by atoms with Gasteiger partial charge in [0, 0.05) is 24.3 Å². The van der Waals surface area contributed by atoms with Crippen LogP contribution in [0.25, 0.3) is 10.9 Å². The predicted molar refractivity (Wildman–Crippen MR) is 127 cm³/mol. The maximum absolute atomic E-state index is 13.1. The van der Waals surface area contributed by atoms with Crippen molar-refractivity contribution < 1.29 is 19.2 Å². The summed E-state index contributed by atoms with van der Waals surface area (Å²) in [7, 11) is 0. The van der Waals surface area contributed by atoms with Crippen molar-refractivity contribution in [2.45, 2.75) is 31.3 Å². The lowest BCUT2D eigenvalue weighted by atomic mass is 9.98. The second kappa shape index (κ2) is 10.7. The summed E-state index contributed by atoms with van der Waals surface area (Å²) in [6.45, 7) is 0.564. The molecule has 1 aromatic heterocycles. The molecular formula is C26H26N4O4. The Balaban J connectivity index is 1.50. The third-order valence-corrected chi connectivity index (χ3v) is 5.93. The number of hydrogen-bond acceptors (Lipinski definition) is 5. The van der Waals surface area contributed by atoms with Gasteiger partial charge in [-0.3, -0.25) is 14.4 Å². The van der Waals surface area contributed by atoms with Crippen LogP contribution in [0.5, 0.6) is 0 Å². The highest BCUT2D eigenvalue weighted by atomic mass is 16.2. The van der Waals surface area contributed by atoms with Crippen LogP contribution in [0.1, 0.15) is 28.9 Å². The number of amides is 3. The topological polar surface area (TPSA) is 117 Å². The Morgan fingerprint density at radius 1 is 1.03 bits per heavy atom. The smallest absolute Gasteiger partial charge is 0.270 e. The Kier molecular flexibility index (Phi) is 7.27. The van der Waals surface area contributed by atoms with E-state index >= 15 is 0 Å². The molecule has 0 radical (unpaired) electrons. The quantitative estimate of drug-likeness (QED) is 0.423. The van der Waals surface area contributed by atoms with Gasteiger partial charge in [-0.25, -0.2) is 4.98 Å². The molecule has 0 saturated carbocycles. The predicted octanol–water partition coefficient (Wildman–Crippen LogP) is 1.79. The van der Waals surface area contributed by atoms with Gasteiger partial charge in [0.05, 0.1) is 11.6 Å². The van der Waals surface area contributed by atoms with Crippen molar-refractivity contribution >= 4 is 34.9 Å². The summed E-state index contributed by atoms with van der Waals surface area (Å²) in [5.41, 5.74) is 1.72. The molecule has 0 aliphatic carbocycles. The fourth-order valence-electron chi connectivity index (χ4n) is 4.09. The second-order valence-electron chi connectivity index (χ2n) is 8.37. The van der Waals surface area contributed by atoms with E-state index < -0.39 is 23.9 Å². The molecule has 8 heteroatoms. The molecule has 1 saturated heterocycles. The number of pyridine rings is 1. The van der Waals surface area contributed by atoms with Crippen molar-refractivity contribution in [1.82, 2.24) is 20.9 Å². The van der Waals surface area contributed by atoms with E-state index in [1.807, 2.05) is 54.6 Å². The minimum Gasteiger partial charge on any atom is -0.356 e. The number of hydrogen-bond donors (Lipinski definition) is 3. The minimum atomic E-state index is -0.928. The molecule has 174 valence electrons. The lowest BCUT2D eigenvalue weighted by molar-refractivity contribution is -0.127. The number of nitrogens with one attached hydrogen (secondary N) is 3. The molecule has 8 nitrogen and oxygen atoms in total. The van der Waals surface area contributed by atoms with Crippen molar-refractivity contribution in [1.29, 1.82) is 0 Å². The maximum atomic E-state index is 13.1. The Morgan fingerprint density at radius 3 is 2.53 bits per heavy atom. The average Bonchev–Trinajstić information content (AvgIpc) is 3.27. The van der Waals surface area contributed by atoms with Gasteiger partial charge < -0.3 is 20.7 Å². The van der Waals surface area contributed by atoms with Crippen LogP contribution < -0.4 is 16.0 Å². The number of rotatable bonds is 9. The molecule has 2 heterocycles. The van der Waals surface area contributed by atoms with Crippen LogP contribution in [0.3, 0.4) is 0 Å². The summed E-state index contributed by atoms with van der Waals surface area (Å²) in [6, 6.07) is 18.4. The van der Waals surface area contributed by atoms with Crippen LogP contribution in [-0.2, 0) is 20.8 Å². The van der Waals surface area contributed by atoms with Gasteiger partial charge in [0.25, 0.3) is 5.91 Å². The fourth-order valence-corrected chi connectivity index (χ4v) is 4.09. The highest BCUT2D eigenvalue weighted by molar-refractivity contribution is 5.98. The van der Waals surface area contributed by atoms with E-state index in [4.69, 9.17) is 0 Å². The van der Waals surface area contributed by atoms with Crippen molar-refractivity contribution in [2.75, 3.05) is 6.54 Å². The van der Waals surface area contributed by atoms with Gasteiger partial charge >= 0.3 is 0 Å². The van der Waals surface area contributed by atoms with Crippen molar-refractivity contribution in [3.8, 4) is 0 Å². The molecule has 4 rings (SSSR count). The van der Waals surface area contributed by atoms with Gasteiger partial charge in [-0.1, -0.05) is 54.6 Å². The minimum absolute atomic E-state index is 0.113. The molecule has 3 N–H and O–H groups in total. The molecule has 3 atom stereocenters. The van der Waals surface area contributed by atoms with Crippen LogP contribution in [0.15, 0.2) is 66.7 Å². The van der Waals surface area contributed by atoms with Crippen LogP contribution >= 0.6 is 0 Å². The first-order valence-corrected chi connectivity index (χ1v) is 11.3. The van der Waals surface area contributed by atoms with Gasteiger partial charge in [0.1, 0.15) is 18.0 Å². The molecule has 2 aromatic carbocycles. The van der Waals surface area contributed by atoms with Gasteiger partial charge in [-0.2, -0.15) is 0 Å². The standard InChI is InChI=1S/C26H26N4O4/c31-16-20(15-19-12-13-27-24(19)32)28-26(34)23(14-17-6-2-1-3-7-17)30-25(33)22-11-10-18-8-4-5-9-21(18)29-22/h1-11,16,19-20,23H,12-15H2,(H,27,32)(H,28,34)(H,30,33)/t19-,20-,23-/m0/s1. The Morgan fingerprint density at radius 2 is 1.79 bits per heavy atom. The number of aromatic nitrogens is 1. The highest BCUT2D eigenvalue weighted by Crippen LogP contribution is 2.16. The maximum Gasteiger partial charge on any atom is 0.270 e. The Bertz CT molecular complexity index is 1200. The molecule has 3 aromatic rings. The normalized spacial score (nSPS) is 16.9. The van der Waals surface area contributed by atoms with Crippen LogP contribution in [0.4, 0.5) is 0 Å². The van der Waals surface area contributed by atoms with E-state index in [9.17, 15) is 19.2 Å². The van der Waals surface area contributed by atoms with E-state index in [1.165, 1.54) is 0 Å². The van der Waals surface area contributed by atoms with E-state index in [0.717, 1.165) is 10.9 Å². The number of carbonyl (C=O) groups excluding carboxylic acids is 4. The third kappa shape index (κ3) is 5.64. The number of aldehydes is 1. The molecule has 1 aliphatic heterocycles. The van der Waals surface area contributed by atoms with Crippen molar-refractivity contribution in [3.05, 3.63) is 78.0 Å². The summed E-state index contributed by atoms with van der Waals surface area (Å²) in [4.78, 5) is 54.1. The lowest BCUT2D eigenvalue weighted by Crippen LogP contribution is -2.51. The average molecular weight is 459 g/mol. The summed E-state index contributed by atoms with van der Waals surface area (Å²) < 4.78 is 0. The molecule has 3 amide bonds. The molecule has 34 heavy (non-hydrogen) atoms. The van der Waals surface area contributed by atoms with E-state index in [2.05, 4.69) is 20.9 Å². The van der Waals surface area contributed by atoms with Crippen molar-refractivity contribution in [2.24, 2.45) is 5.92 Å². The number of fused-ring (bicyclic) bond motifs is 1. The molecule has 0 unspecified atom stereocenters. The zero-order valence-corrected chi connectivity index (χ0v) is 18.6. The molecular weight excluding hydrogens is 432 g/mol. The van der Waals surface area contributed by atoms with Crippen LogP contribution in [-0.4, -0.2) is 47.6 Å². The molecule has 1 fully saturated rings. The number of benzene rings is 2. The summed E-state index contributed by atoms with van der Waals surface area (Å²) in [5, 5.41) is 9.11. The zero-order valence-electron chi connectivity index (χ0n) is 18.6. The fraction of sp³-hybridized carbons (Fsp3) is 0.269. The van der Waals surface area contributed by atoms with Gasteiger partial charge in [0.15, 0.2) is 0 Å². The molecule has 0 bridgehead atoms. The Labute approximate surface area is 197 Å². The van der Waals surface area contributed by atoms with E-state index in [-0.39, 0.29) is 30.4 Å². The van der Waals surface area contributed by atoms with Crippen LogP contribution in [0, 0.1) is 5.92 Å². The second-order valence-corrected chi connectivity index (χ2v) is 8.37. The summed E-state index contributed by atoms with van der Waals surface area (Å²) in [6.07, 6.45) is 1.72. The van der Waals surface area contributed by atoms with Gasteiger partial charge in [-0.15, -0.1) is 0 Å².